The molecule has 1 aliphatic carbocycles. The summed E-state index contributed by atoms with van der Waals surface area (Å²) in [7, 11) is 0. The van der Waals surface area contributed by atoms with Gasteiger partial charge in [-0.15, -0.1) is 11.6 Å². The molecule has 1 aromatic carbocycles. The summed E-state index contributed by atoms with van der Waals surface area (Å²) in [6, 6.07) is 6.32. The van der Waals surface area contributed by atoms with Gasteiger partial charge in [-0.3, -0.25) is 0 Å². The Morgan fingerprint density at radius 1 is 1.00 bits per heavy atom. The summed E-state index contributed by atoms with van der Waals surface area (Å²) in [5.74, 6) is 0.488. The van der Waals surface area contributed by atoms with Gasteiger partial charge in [0.15, 0.2) is 0 Å². The lowest BCUT2D eigenvalue weighted by atomic mass is 9.68. The summed E-state index contributed by atoms with van der Waals surface area (Å²) in [6.45, 7) is 2.35. The van der Waals surface area contributed by atoms with Gasteiger partial charge in [0.2, 0.25) is 0 Å². The van der Waals surface area contributed by atoms with E-state index in [4.69, 9.17) is 23.2 Å². The van der Waals surface area contributed by atoms with E-state index in [0.717, 1.165) is 10.6 Å². The zero-order valence-electron chi connectivity index (χ0n) is 12.0. The first-order valence-electron chi connectivity index (χ1n) is 7.82. The molecule has 1 nitrogen and oxygen atoms in total. The molecule has 0 N–H and O–H groups in total. The number of nitrogens with zero attached hydrogens (tertiary/aromatic N) is 1. The molecule has 0 radical (unpaired) electrons. The Morgan fingerprint density at radius 3 is 2.30 bits per heavy atom. The predicted molar refractivity (Wildman–Crippen MR) is 88.0 cm³/mol. The van der Waals surface area contributed by atoms with E-state index in [1.54, 1.807) is 0 Å². The predicted octanol–water partition coefficient (Wildman–Crippen LogP) is 5.63. The zero-order chi connectivity index (χ0) is 14.0. The molecule has 1 spiro atoms. The van der Waals surface area contributed by atoms with Crippen LogP contribution in [0.3, 0.4) is 0 Å². The molecule has 3 rings (SSSR count). The van der Waals surface area contributed by atoms with Gasteiger partial charge in [0.1, 0.15) is 0 Å². The number of hydrogen-bond donors (Lipinski definition) is 0. The lowest BCUT2D eigenvalue weighted by molar-refractivity contribution is 0.144. The molecule has 2 aliphatic rings. The Balaban J connectivity index is 1.67. The minimum absolute atomic E-state index is 0.488. The van der Waals surface area contributed by atoms with E-state index in [1.807, 2.05) is 0 Å². The van der Waals surface area contributed by atoms with Crippen LogP contribution in [0.5, 0.6) is 0 Å². The quantitative estimate of drug-likeness (QED) is 0.640. The van der Waals surface area contributed by atoms with Crippen LogP contribution in [-0.2, 0) is 5.88 Å². The SMILES string of the molecule is ClCc1ccc(N2CCC3(CCCCC3)CC2)cc1Cl. The molecular weight excluding hydrogens is 289 g/mol. The second-order valence-corrected chi connectivity index (χ2v) is 7.13. The van der Waals surface area contributed by atoms with Crippen molar-refractivity contribution in [1.29, 1.82) is 0 Å². The molecule has 1 aliphatic heterocycles. The fraction of sp³-hybridized carbons (Fsp3) is 0.647. The summed E-state index contributed by atoms with van der Waals surface area (Å²) in [5, 5.41) is 0.801. The molecule has 20 heavy (non-hydrogen) atoms. The maximum absolute atomic E-state index is 6.28. The van der Waals surface area contributed by atoms with Crippen molar-refractivity contribution in [2.45, 2.75) is 50.8 Å². The monoisotopic (exact) mass is 311 g/mol. The van der Waals surface area contributed by atoms with Crippen LogP contribution in [0.15, 0.2) is 18.2 Å². The molecule has 1 saturated heterocycles. The second kappa shape index (κ2) is 6.15. The van der Waals surface area contributed by atoms with Gasteiger partial charge < -0.3 is 4.90 Å². The van der Waals surface area contributed by atoms with Crippen LogP contribution in [0.1, 0.15) is 50.5 Å². The number of piperidine rings is 1. The van der Waals surface area contributed by atoms with Crippen LogP contribution in [0.2, 0.25) is 5.02 Å². The molecule has 110 valence electrons. The Hall–Kier alpha value is -0.400. The maximum atomic E-state index is 6.28. The smallest absolute Gasteiger partial charge is 0.0488 e. The highest BCUT2D eigenvalue weighted by Crippen LogP contribution is 2.45. The Morgan fingerprint density at radius 2 is 1.70 bits per heavy atom. The van der Waals surface area contributed by atoms with Gasteiger partial charge in [-0.1, -0.05) is 36.9 Å². The van der Waals surface area contributed by atoms with Crippen LogP contribution in [0, 0.1) is 5.41 Å². The molecule has 3 heteroatoms. The van der Waals surface area contributed by atoms with Gasteiger partial charge in [0, 0.05) is 29.7 Å². The van der Waals surface area contributed by atoms with Crippen molar-refractivity contribution in [3.63, 3.8) is 0 Å². The molecule has 1 saturated carbocycles. The van der Waals surface area contributed by atoms with E-state index in [2.05, 4.69) is 23.1 Å². The van der Waals surface area contributed by atoms with Gasteiger partial charge in [-0.2, -0.15) is 0 Å². The standard InChI is InChI=1S/C17H23Cl2N/c18-13-14-4-5-15(12-16(14)19)20-10-8-17(9-11-20)6-2-1-3-7-17/h4-5,12H,1-3,6-11,13H2. The van der Waals surface area contributed by atoms with E-state index in [0.29, 0.717) is 11.3 Å². The van der Waals surface area contributed by atoms with Crippen molar-refractivity contribution in [1.82, 2.24) is 0 Å². The molecule has 0 amide bonds. The zero-order valence-corrected chi connectivity index (χ0v) is 13.5. The van der Waals surface area contributed by atoms with Gasteiger partial charge in [0.25, 0.3) is 0 Å². The first-order valence-corrected chi connectivity index (χ1v) is 8.73. The van der Waals surface area contributed by atoms with E-state index in [1.165, 1.54) is 63.7 Å². The molecule has 1 heterocycles. The number of hydrogen-bond acceptors (Lipinski definition) is 1. The van der Waals surface area contributed by atoms with Crippen molar-refractivity contribution in [2.75, 3.05) is 18.0 Å². The van der Waals surface area contributed by atoms with Gasteiger partial charge in [0.05, 0.1) is 0 Å². The normalized spacial score (nSPS) is 22.2. The number of alkyl halides is 1. The Labute approximate surface area is 132 Å². The largest absolute Gasteiger partial charge is 0.371 e. The molecule has 0 bridgehead atoms. The average molecular weight is 312 g/mol. The first-order chi connectivity index (χ1) is 9.72. The average Bonchev–Trinajstić information content (AvgIpc) is 2.49. The maximum Gasteiger partial charge on any atom is 0.0488 e. The number of halogens is 2. The van der Waals surface area contributed by atoms with E-state index in [9.17, 15) is 0 Å². The van der Waals surface area contributed by atoms with Crippen LogP contribution in [0.4, 0.5) is 5.69 Å². The van der Waals surface area contributed by atoms with Crippen LogP contribution < -0.4 is 4.90 Å². The van der Waals surface area contributed by atoms with Crippen molar-refractivity contribution in [3.05, 3.63) is 28.8 Å². The summed E-state index contributed by atoms with van der Waals surface area (Å²) in [6.07, 6.45) is 9.93. The second-order valence-electron chi connectivity index (χ2n) is 6.46. The van der Waals surface area contributed by atoms with Gasteiger partial charge in [-0.25, -0.2) is 0 Å². The minimum Gasteiger partial charge on any atom is -0.371 e. The molecule has 0 unspecified atom stereocenters. The summed E-state index contributed by atoms with van der Waals surface area (Å²) in [4.78, 5) is 2.49. The molecule has 0 aromatic heterocycles. The first kappa shape index (κ1) is 14.5. The van der Waals surface area contributed by atoms with Crippen molar-refractivity contribution < 1.29 is 0 Å². The van der Waals surface area contributed by atoms with Crippen molar-refractivity contribution >= 4 is 28.9 Å². The molecular formula is C17H23Cl2N. The highest BCUT2D eigenvalue weighted by molar-refractivity contribution is 6.32. The molecule has 2 fully saturated rings. The summed E-state index contributed by atoms with van der Waals surface area (Å²) in [5.41, 5.74) is 2.95. The Bertz CT molecular complexity index is 456. The van der Waals surface area contributed by atoms with Crippen LogP contribution in [0.25, 0.3) is 0 Å². The van der Waals surface area contributed by atoms with Gasteiger partial charge >= 0.3 is 0 Å². The molecule has 0 atom stereocenters. The fourth-order valence-electron chi connectivity index (χ4n) is 3.88. The highest BCUT2D eigenvalue weighted by atomic mass is 35.5. The summed E-state index contributed by atoms with van der Waals surface area (Å²) >= 11 is 12.1. The third kappa shape index (κ3) is 2.94. The number of benzene rings is 1. The minimum atomic E-state index is 0.488. The van der Waals surface area contributed by atoms with Crippen molar-refractivity contribution in [2.24, 2.45) is 5.41 Å². The fourth-order valence-corrected chi connectivity index (χ4v) is 4.43. The van der Waals surface area contributed by atoms with Gasteiger partial charge in [-0.05, 0) is 48.8 Å². The van der Waals surface area contributed by atoms with E-state index >= 15 is 0 Å². The number of anilines is 1. The molecule has 1 aromatic rings. The van der Waals surface area contributed by atoms with E-state index < -0.39 is 0 Å². The lowest BCUT2D eigenvalue weighted by Crippen LogP contribution is -2.41. The highest BCUT2D eigenvalue weighted by Gasteiger charge is 2.35. The third-order valence-electron chi connectivity index (χ3n) is 5.28. The van der Waals surface area contributed by atoms with E-state index in [-0.39, 0.29) is 0 Å². The lowest BCUT2D eigenvalue weighted by Gasteiger charge is -2.45. The topological polar surface area (TPSA) is 3.24 Å². The van der Waals surface area contributed by atoms with Crippen LogP contribution >= 0.6 is 23.2 Å². The third-order valence-corrected chi connectivity index (χ3v) is 5.92. The Kier molecular flexibility index (Phi) is 4.47. The number of rotatable bonds is 2. The van der Waals surface area contributed by atoms with Crippen molar-refractivity contribution in [3.8, 4) is 0 Å². The van der Waals surface area contributed by atoms with Crippen LogP contribution in [-0.4, -0.2) is 13.1 Å². The summed E-state index contributed by atoms with van der Waals surface area (Å²) < 4.78 is 0.